The molecule has 0 aliphatic heterocycles. The van der Waals surface area contributed by atoms with Gasteiger partial charge >= 0.3 is 23.9 Å². The van der Waals surface area contributed by atoms with Crippen molar-refractivity contribution < 1.29 is 43.7 Å². The van der Waals surface area contributed by atoms with E-state index in [1.165, 1.54) is 25.3 Å². The highest BCUT2D eigenvalue weighted by Gasteiger charge is 2.44. The van der Waals surface area contributed by atoms with E-state index in [-0.39, 0.29) is 24.4 Å². The summed E-state index contributed by atoms with van der Waals surface area (Å²) in [6.45, 7) is -0.414. The molecule has 0 radical (unpaired) electrons. The highest BCUT2D eigenvalue weighted by Crippen LogP contribution is 2.27. The van der Waals surface area contributed by atoms with Crippen molar-refractivity contribution in [3.05, 3.63) is 65.6 Å². The number of carbonyl (C=O) groups is 5. The number of hydrogen-bond acceptors (Lipinski definition) is 7. The number of rotatable bonds is 16. The molecular weight excluding hydrogens is 579 g/mol. The van der Waals surface area contributed by atoms with Crippen molar-refractivity contribution >= 4 is 29.8 Å². The number of hydrogen-bond donors (Lipinski definition) is 5. The number of halogens is 1. The summed E-state index contributed by atoms with van der Waals surface area (Å²) in [7, 11) is 1.18. The number of carboxylic acids is 3. The summed E-state index contributed by atoms with van der Waals surface area (Å²) in [4.78, 5) is 61.0. The molecule has 14 nitrogen and oxygen atoms in total. The molecule has 0 saturated carbocycles. The van der Waals surface area contributed by atoms with Gasteiger partial charge in [0.1, 0.15) is 6.04 Å². The van der Waals surface area contributed by atoms with Gasteiger partial charge in [0.25, 0.3) is 0 Å². The number of likely N-dealkylation sites (N-methyl/N-ethyl adjacent to an activating group) is 1. The minimum atomic E-state index is -1.93. The predicted molar refractivity (Wildman–Crippen MR) is 154 cm³/mol. The molecule has 2 aromatic rings. The number of benzene rings is 1. The van der Waals surface area contributed by atoms with E-state index in [2.05, 4.69) is 20.9 Å². The molecule has 1 heterocycles. The molecule has 0 fully saturated rings. The molecule has 0 spiro atoms. The zero-order valence-electron chi connectivity index (χ0n) is 24.1. The first-order chi connectivity index (χ1) is 20.9. The number of aryl methyl sites for hydroxylation is 2. The third-order valence-electron chi connectivity index (χ3n) is 7.10. The van der Waals surface area contributed by atoms with E-state index in [0.29, 0.717) is 31.4 Å². The van der Waals surface area contributed by atoms with Gasteiger partial charge in [-0.25, -0.2) is 19.1 Å². The fraction of sp³-hybridized carbons (Fsp3) is 0.414. The van der Waals surface area contributed by atoms with Crippen molar-refractivity contribution in [1.29, 1.82) is 0 Å². The number of allylic oxidation sites excluding steroid dienone is 1. The van der Waals surface area contributed by atoms with Crippen LogP contribution in [0.4, 0.5) is 9.18 Å². The van der Waals surface area contributed by atoms with Crippen LogP contribution in [0.5, 0.6) is 0 Å². The van der Waals surface area contributed by atoms with Crippen LogP contribution in [0.15, 0.2) is 54.4 Å². The summed E-state index contributed by atoms with van der Waals surface area (Å²) in [6, 6.07) is 4.96. The number of carboxylic acid groups (broad SMARTS) is 3. The number of aliphatic carboxylic acids is 3. The first kappa shape index (κ1) is 33.4. The lowest BCUT2D eigenvalue weighted by Gasteiger charge is -2.37. The molecule has 0 bridgehead atoms. The van der Waals surface area contributed by atoms with E-state index in [0.717, 1.165) is 16.2 Å². The summed E-state index contributed by atoms with van der Waals surface area (Å²) in [5, 5.41) is 41.1. The molecule has 1 aromatic carbocycles. The SMILES string of the molecule is CN(C(=O)NC(CCC(=O)O)C(=O)O)[C@]1(C(=O)O)C=C(NC(=O)CCCc2ccc(-n3cc(CCCF)nn3)cc2)C=CC1. The molecule has 15 heteroatoms. The minimum absolute atomic E-state index is 0.133. The Morgan fingerprint density at radius 2 is 1.80 bits per heavy atom. The number of amides is 3. The van der Waals surface area contributed by atoms with E-state index in [9.17, 15) is 38.6 Å². The Bertz CT molecular complexity index is 1420. The molecular formula is C29H35FN6O8. The summed E-state index contributed by atoms with van der Waals surface area (Å²) in [5.41, 5.74) is 0.706. The van der Waals surface area contributed by atoms with Crippen molar-refractivity contribution in [2.75, 3.05) is 13.7 Å². The number of carbonyl (C=O) groups excluding carboxylic acids is 2. The Labute approximate surface area is 252 Å². The number of aromatic nitrogens is 3. The van der Waals surface area contributed by atoms with Gasteiger partial charge in [0.05, 0.1) is 24.3 Å². The van der Waals surface area contributed by atoms with Gasteiger partial charge in [-0.1, -0.05) is 23.4 Å². The first-order valence-corrected chi connectivity index (χ1v) is 13.9. The number of nitrogens with one attached hydrogen (secondary N) is 2. The van der Waals surface area contributed by atoms with E-state index in [1.54, 1.807) is 10.9 Å². The summed E-state index contributed by atoms with van der Waals surface area (Å²) < 4.78 is 14.0. The Morgan fingerprint density at radius 1 is 1.07 bits per heavy atom. The van der Waals surface area contributed by atoms with Crippen LogP contribution in [-0.4, -0.2) is 90.4 Å². The standard InChI is InChI=1S/C29H35FN6O8/c1-35(28(44)32-23(26(40)41)13-14-25(38)39)29(27(42)43)15-3-6-20(17-29)31-24(37)8-2-5-19-9-11-22(12-10-19)36-18-21(33-34-36)7-4-16-30/h3,6,9-12,17-18,23H,2,4-5,7-8,13-16H2,1H3,(H,31,37)(H,32,44)(H,38,39)(H,40,41)(H,42,43)/t23?,29-/m0/s1. The molecule has 1 aliphatic carbocycles. The molecule has 1 unspecified atom stereocenters. The monoisotopic (exact) mass is 614 g/mol. The van der Waals surface area contributed by atoms with E-state index in [1.807, 2.05) is 24.3 Å². The van der Waals surface area contributed by atoms with Crippen molar-refractivity contribution in [2.45, 2.75) is 62.9 Å². The fourth-order valence-electron chi connectivity index (χ4n) is 4.57. The molecule has 1 aromatic heterocycles. The maximum atomic E-state index is 12.8. The number of nitrogens with zero attached hydrogens (tertiary/aromatic N) is 4. The summed E-state index contributed by atoms with van der Waals surface area (Å²) in [5.74, 6) is -4.48. The van der Waals surface area contributed by atoms with Gasteiger partial charge in [-0.2, -0.15) is 0 Å². The van der Waals surface area contributed by atoms with Gasteiger partial charge in [0, 0.05) is 32.0 Å². The molecule has 3 amide bonds. The van der Waals surface area contributed by atoms with Crippen LogP contribution in [0.1, 0.15) is 49.8 Å². The van der Waals surface area contributed by atoms with Gasteiger partial charge in [-0.3, -0.25) is 14.0 Å². The lowest BCUT2D eigenvalue weighted by molar-refractivity contribution is -0.146. The largest absolute Gasteiger partial charge is 0.481 e. The molecule has 5 N–H and O–H groups in total. The zero-order valence-corrected chi connectivity index (χ0v) is 24.1. The van der Waals surface area contributed by atoms with Crippen LogP contribution in [0.3, 0.4) is 0 Å². The predicted octanol–water partition coefficient (Wildman–Crippen LogP) is 2.23. The average molecular weight is 615 g/mol. The Morgan fingerprint density at radius 3 is 2.43 bits per heavy atom. The normalized spacial score (nSPS) is 16.5. The molecule has 0 saturated heterocycles. The molecule has 44 heavy (non-hydrogen) atoms. The van der Waals surface area contributed by atoms with E-state index < -0.39 is 55.0 Å². The van der Waals surface area contributed by atoms with Crippen molar-refractivity contribution in [2.24, 2.45) is 0 Å². The smallest absolute Gasteiger partial charge is 0.334 e. The van der Waals surface area contributed by atoms with Crippen molar-refractivity contribution in [3.63, 3.8) is 0 Å². The maximum Gasteiger partial charge on any atom is 0.334 e. The minimum Gasteiger partial charge on any atom is -0.481 e. The van der Waals surface area contributed by atoms with Crippen molar-refractivity contribution in [3.8, 4) is 5.69 Å². The third kappa shape index (κ3) is 8.96. The lowest BCUT2D eigenvalue weighted by atomic mass is 9.88. The van der Waals surface area contributed by atoms with Crippen LogP contribution in [0.2, 0.25) is 0 Å². The van der Waals surface area contributed by atoms with Crippen molar-refractivity contribution in [1.82, 2.24) is 30.5 Å². The van der Waals surface area contributed by atoms with Crippen LogP contribution < -0.4 is 10.6 Å². The first-order valence-electron chi connectivity index (χ1n) is 13.9. The molecule has 2 atom stereocenters. The average Bonchev–Trinajstić information content (AvgIpc) is 3.46. The van der Waals surface area contributed by atoms with E-state index in [4.69, 9.17) is 5.11 Å². The van der Waals surface area contributed by atoms with Crippen LogP contribution in [0, 0.1) is 0 Å². The number of alkyl halides is 1. The van der Waals surface area contributed by atoms with Gasteiger partial charge in [0.15, 0.2) is 5.54 Å². The van der Waals surface area contributed by atoms with Crippen LogP contribution in [-0.2, 0) is 32.0 Å². The van der Waals surface area contributed by atoms with Gasteiger partial charge in [-0.15, -0.1) is 5.10 Å². The topological polar surface area (TPSA) is 204 Å². The Hall–Kier alpha value is -5.08. The van der Waals surface area contributed by atoms with E-state index >= 15 is 0 Å². The second-order valence-electron chi connectivity index (χ2n) is 10.3. The second kappa shape index (κ2) is 15.4. The molecule has 1 aliphatic rings. The quantitative estimate of drug-likeness (QED) is 0.186. The highest BCUT2D eigenvalue weighted by molar-refractivity contribution is 5.91. The second-order valence-corrected chi connectivity index (χ2v) is 10.3. The molecule has 236 valence electrons. The summed E-state index contributed by atoms with van der Waals surface area (Å²) in [6.07, 6.45) is 7.03. The van der Waals surface area contributed by atoms with Gasteiger partial charge < -0.3 is 30.9 Å². The molecule has 3 rings (SSSR count). The van der Waals surface area contributed by atoms with Crippen LogP contribution in [0.25, 0.3) is 5.69 Å². The highest BCUT2D eigenvalue weighted by atomic mass is 19.1. The van der Waals surface area contributed by atoms with Gasteiger partial charge in [-0.05, 0) is 62.0 Å². The van der Waals surface area contributed by atoms with Gasteiger partial charge in [0.2, 0.25) is 5.91 Å². The Balaban J connectivity index is 1.57. The Kier molecular flexibility index (Phi) is 11.7. The lowest BCUT2D eigenvalue weighted by Crippen LogP contribution is -2.59. The fourth-order valence-corrected chi connectivity index (χ4v) is 4.57. The maximum absolute atomic E-state index is 12.8. The van der Waals surface area contributed by atoms with Crippen LogP contribution >= 0.6 is 0 Å². The number of urea groups is 1. The summed E-state index contributed by atoms with van der Waals surface area (Å²) >= 11 is 0. The third-order valence-corrected chi connectivity index (χ3v) is 7.10. The zero-order chi connectivity index (χ0) is 32.3.